The second-order valence-corrected chi connectivity index (χ2v) is 5.24. The predicted molar refractivity (Wildman–Crippen MR) is 68.5 cm³/mol. The molecule has 2 aromatic rings. The molecule has 0 radical (unpaired) electrons. The fraction of sp³-hybridized carbons (Fsp3) is 0.417. The summed E-state index contributed by atoms with van der Waals surface area (Å²) in [6.45, 7) is 2.18. The molecule has 4 heteroatoms. The minimum atomic E-state index is 0.612. The summed E-state index contributed by atoms with van der Waals surface area (Å²) in [4.78, 5) is 4.47. The topological polar surface area (TPSA) is 29.9 Å². The summed E-state index contributed by atoms with van der Waals surface area (Å²) < 4.78 is 3.28. The zero-order valence-corrected chi connectivity index (χ0v) is 10.6. The van der Waals surface area contributed by atoms with Crippen molar-refractivity contribution in [2.24, 2.45) is 0 Å². The quantitative estimate of drug-likeness (QED) is 0.916. The lowest BCUT2D eigenvalue weighted by atomic mass is 10.2. The van der Waals surface area contributed by atoms with Gasteiger partial charge in [0, 0.05) is 34.8 Å². The fourth-order valence-electron chi connectivity index (χ4n) is 2.35. The van der Waals surface area contributed by atoms with E-state index in [2.05, 4.69) is 49.1 Å². The van der Waals surface area contributed by atoms with Crippen molar-refractivity contribution in [2.45, 2.75) is 25.4 Å². The molecule has 1 fully saturated rings. The molecule has 16 heavy (non-hydrogen) atoms. The van der Waals surface area contributed by atoms with Crippen LogP contribution in [0.25, 0.3) is 11.0 Å². The van der Waals surface area contributed by atoms with Gasteiger partial charge in [0.05, 0.1) is 0 Å². The van der Waals surface area contributed by atoms with Gasteiger partial charge in [-0.05, 0) is 47.4 Å². The Morgan fingerprint density at radius 2 is 2.50 bits per heavy atom. The van der Waals surface area contributed by atoms with Gasteiger partial charge in [-0.25, -0.2) is 4.98 Å². The molecule has 1 unspecified atom stereocenters. The van der Waals surface area contributed by atoms with Gasteiger partial charge in [0.2, 0.25) is 0 Å². The summed E-state index contributed by atoms with van der Waals surface area (Å²) in [7, 11) is 0. The van der Waals surface area contributed by atoms with Gasteiger partial charge >= 0.3 is 0 Å². The van der Waals surface area contributed by atoms with Crippen molar-refractivity contribution in [1.82, 2.24) is 14.9 Å². The molecule has 3 heterocycles. The molecule has 0 amide bonds. The SMILES string of the molecule is Brc1cnc2c(ccn2CC2CCCN2)c1. The van der Waals surface area contributed by atoms with Gasteiger partial charge < -0.3 is 9.88 Å². The lowest BCUT2D eigenvalue weighted by Crippen LogP contribution is -2.26. The van der Waals surface area contributed by atoms with Crippen molar-refractivity contribution in [3.05, 3.63) is 29.0 Å². The van der Waals surface area contributed by atoms with Gasteiger partial charge in [0.25, 0.3) is 0 Å². The molecule has 0 bridgehead atoms. The van der Waals surface area contributed by atoms with Crippen LogP contribution < -0.4 is 5.32 Å². The first-order valence-electron chi connectivity index (χ1n) is 5.67. The first-order valence-corrected chi connectivity index (χ1v) is 6.46. The van der Waals surface area contributed by atoms with E-state index in [0.717, 1.165) is 23.2 Å². The lowest BCUT2D eigenvalue weighted by molar-refractivity contribution is 0.517. The van der Waals surface area contributed by atoms with Gasteiger partial charge in [0.1, 0.15) is 5.65 Å². The molecule has 1 aliphatic heterocycles. The summed E-state index contributed by atoms with van der Waals surface area (Å²) in [6, 6.07) is 4.85. The highest BCUT2D eigenvalue weighted by Crippen LogP contribution is 2.19. The van der Waals surface area contributed by atoms with Crippen LogP contribution in [0.4, 0.5) is 0 Å². The molecule has 0 aliphatic carbocycles. The van der Waals surface area contributed by atoms with Crippen molar-refractivity contribution in [3.63, 3.8) is 0 Å². The van der Waals surface area contributed by atoms with Crippen molar-refractivity contribution < 1.29 is 0 Å². The maximum atomic E-state index is 4.47. The second kappa shape index (κ2) is 4.18. The van der Waals surface area contributed by atoms with Crippen LogP contribution >= 0.6 is 15.9 Å². The van der Waals surface area contributed by atoms with Gasteiger partial charge in [0.15, 0.2) is 0 Å². The number of nitrogens with zero attached hydrogens (tertiary/aromatic N) is 2. The van der Waals surface area contributed by atoms with Crippen LogP contribution in [0.5, 0.6) is 0 Å². The zero-order chi connectivity index (χ0) is 11.0. The Morgan fingerprint density at radius 1 is 1.56 bits per heavy atom. The highest BCUT2D eigenvalue weighted by atomic mass is 79.9. The molecule has 1 aliphatic rings. The van der Waals surface area contributed by atoms with Gasteiger partial charge in [-0.15, -0.1) is 0 Å². The molecule has 0 spiro atoms. The number of hydrogen-bond donors (Lipinski definition) is 1. The Kier molecular flexibility index (Phi) is 2.69. The van der Waals surface area contributed by atoms with Gasteiger partial charge in [-0.3, -0.25) is 0 Å². The number of hydrogen-bond acceptors (Lipinski definition) is 2. The predicted octanol–water partition coefficient (Wildman–Crippen LogP) is 2.55. The van der Waals surface area contributed by atoms with E-state index in [0.29, 0.717) is 6.04 Å². The average molecular weight is 280 g/mol. The summed E-state index contributed by atoms with van der Waals surface area (Å²) in [6.07, 6.45) is 6.56. The largest absolute Gasteiger partial charge is 0.331 e. The smallest absolute Gasteiger partial charge is 0.139 e. The molecular weight excluding hydrogens is 266 g/mol. The third-order valence-electron chi connectivity index (χ3n) is 3.15. The molecule has 3 rings (SSSR count). The third-order valence-corrected chi connectivity index (χ3v) is 3.58. The zero-order valence-electron chi connectivity index (χ0n) is 8.99. The molecule has 3 nitrogen and oxygen atoms in total. The monoisotopic (exact) mass is 279 g/mol. The van der Waals surface area contributed by atoms with E-state index >= 15 is 0 Å². The molecule has 0 aromatic carbocycles. The number of nitrogens with one attached hydrogen (secondary N) is 1. The minimum absolute atomic E-state index is 0.612. The van der Waals surface area contributed by atoms with E-state index in [-0.39, 0.29) is 0 Å². The Hall–Kier alpha value is -0.870. The van der Waals surface area contributed by atoms with Crippen LogP contribution in [-0.2, 0) is 6.54 Å². The third kappa shape index (κ3) is 1.87. The first kappa shape index (κ1) is 10.3. The fourth-order valence-corrected chi connectivity index (χ4v) is 2.70. The van der Waals surface area contributed by atoms with Crippen LogP contribution in [0.1, 0.15) is 12.8 Å². The highest BCUT2D eigenvalue weighted by molar-refractivity contribution is 9.10. The molecule has 1 N–H and O–H groups in total. The van der Waals surface area contributed by atoms with Gasteiger partial charge in [-0.2, -0.15) is 0 Å². The van der Waals surface area contributed by atoms with Crippen molar-refractivity contribution in [1.29, 1.82) is 0 Å². The van der Waals surface area contributed by atoms with Crippen LogP contribution in [0, 0.1) is 0 Å². The van der Waals surface area contributed by atoms with Crippen LogP contribution in [0.15, 0.2) is 29.0 Å². The summed E-state index contributed by atoms with van der Waals surface area (Å²) >= 11 is 3.45. The molecule has 0 saturated carbocycles. The van der Waals surface area contributed by atoms with Crippen molar-refractivity contribution >= 4 is 27.0 Å². The molecule has 84 valence electrons. The first-order chi connectivity index (χ1) is 7.83. The van der Waals surface area contributed by atoms with Crippen LogP contribution in [-0.4, -0.2) is 22.1 Å². The Morgan fingerprint density at radius 3 is 3.31 bits per heavy atom. The van der Waals surface area contributed by atoms with Crippen molar-refractivity contribution in [3.8, 4) is 0 Å². The second-order valence-electron chi connectivity index (χ2n) is 4.33. The van der Waals surface area contributed by atoms with E-state index < -0.39 is 0 Å². The molecular formula is C12H14BrN3. The molecule has 1 saturated heterocycles. The summed E-state index contributed by atoms with van der Waals surface area (Å²) in [5.74, 6) is 0. The lowest BCUT2D eigenvalue weighted by Gasteiger charge is -2.11. The van der Waals surface area contributed by atoms with E-state index in [1.54, 1.807) is 0 Å². The number of rotatable bonds is 2. The van der Waals surface area contributed by atoms with Crippen LogP contribution in [0.3, 0.4) is 0 Å². The molecule has 1 atom stereocenters. The van der Waals surface area contributed by atoms with E-state index in [4.69, 9.17) is 0 Å². The summed E-state index contributed by atoms with van der Waals surface area (Å²) in [5.41, 5.74) is 1.08. The van der Waals surface area contributed by atoms with Crippen molar-refractivity contribution in [2.75, 3.05) is 6.54 Å². The number of halogens is 1. The standard InChI is InChI=1S/C12H14BrN3/c13-10-6-9-3-5-16(12(9)15-7-10)8-11-2-1-4-14-11/h3,5-7,11,14H,1-2,4,8H2. The Balaban J connectivity index is 1.91. The number of fused-ring (bicyclic) bond motifs is 1. The Labute approximate surface area is 103 Å². The number of aromatic nitrogens is 2. The van der Waals surface area contributed by atoms with E-state index in [1.165, 1.54) is 18.2 Å². The van der Waals surface area contributed by atoms with E-state index in [1.807, 2.05) is 6.20 Å². The van der Waals surface area contributed by atoms with Gasteiger partial charge in [-0.1, -0.05) is 0 Å². The average Bonchev–Trinajstić information content (AvgIpc) is 2.89. The normalized spacial score (nSPS) is 20.7. The number of pyridine rings is 1. The summed E-state index contributed by atoms with van der Waals surface area (Å²) in [5, 5.41) is 4.71. The maximum absolute atomic E-state index is 4.47. The minimum Gasteiger partial charge on any atom is -0.331 e. The maximum Gasteiger partial charge on any atom is 0.139 e. The molecule has 2 aromatic heterocycles. The van der Waals surface area contributed by atoms with E-state index in [9.17, 15) is 0 Å². The Bertz CT molecular complexity index is 500. The highest BCUT2D eigenvalue weighted by Gasteiger charge is 2.15. The van der Waals surface area contributed by atoms with Crippen LogP contribution in [0.2, 0.25) is 0 Å².